The fourth-order valence-electron chi connectivity index (χ4n) is 4.29. The first-order valence-electron chi connectivity index (χ1n) is 8.33. The highest BCUT2D eigenvalue weighted by Crippen LogP contribution is 2.51. The SMILES string of the molecule is O=C(c1ccccc1)[C@H]1[C@@H](O)C(c2ccccc2)=C2CCC[C@@H]21. The Hall–Kier alpha value is -2.19. The molecule has 2 aromatic carbocycles. The predicted octanol–water partition coefficient (Wildman–Crippen LogP) is 4.11. The van der Waals surface area contributed by atoms with Gasteiger partial charge in [-0.15, -0.1) is 0 Å². The molecule has 2 heteroatoms. The number of rotatable bonds is 3. The standard InChI is InChI=1S/C21H20O2/c22-20(15-10-5-2-6-11-15)19-17-13-7-12-16(17)18(21(19)23)14-8-3-1-4-9-14/h1-6,8-11,17,19,21,23H,7,12-13H2/t17-,19-,21-/m0/s1. The van der Waals surface area contributed by atoms with Crippen molar-refractivity contribution >= 4 is 11.4 Å². The number of Topliss-reactive ketones (excluding diaryl/α,β-unsaturated/α-hetero) is 1. The molecule has 2 aromatic rings. The molecule has 0 aliphatic heterocycles. The highest BCUT2D eigenvalue weighted by Gasteiger charge is 2.47. The Bertz CT molecular complexity index is 746. The zero-order chi connectivity index (χ0) is 15.8. The number of carbonyl (C=O) groups is 1. The van der Waals surface area contributed by atoms with Crippen molar-refractivity contribution in [2.24, 2.45) is 11.8 Å². The van der Waals surface area contributed by atoms with Gasteiger partial charge in [-0.1, -0.05) is 66.2 Å². The van der Waals surface area contributed by atoms with E-state index in [1.807, 2.05) is 60.7 Å². The van der Waals surface area contributed by atoms with Crippen molar-refractivity contribution in [1.82, 2.24) is 0 Å². The summed E-state index contributed by atoms with van der Waals surface area (Å²) in [6.07, 6.45) is 2.43. The lowest BCUT2D eigenvalue weighted by Crippen LogP contribution is -2.30. The van der Waals surface area contributed by atoms with Crippen molar-refractivity contribution in [3.05, 3.63) is 77.4 Å². The maximum atomic E-state index is 13.0. The molecule has 1 saturated carbocycles. The summed E-state index contributed by atoms with van der Waals surface area (Å²) in [6.45, 7) is 0. The molecule has 2 nitrogen and oxygen atoms in total. The Labute approximate surface area is 136 Å². The van der Waals surface area contributed by atoms with E-state index in [4.69, 9.17) is 0 Å². The predicted molar refractivity (Wildman–Crippen MR) is 91.0 cm³/mol. The fraction of sp³-hybridized carbons (Fsp3) is 0.286. The summed E-state index contributed by atoms with van der Waals surface area (Å²) < 4.78 is 0. The van der Waals surface area contributed by atoms with Crippen LogP contribution in [0.5, 0.6) is 0 Å². The van der Waals surface area contributed by atoms with Gasteiger partial charge in [0.05, 0.1) is 12.0 Å². The van der Waals surface area contributed by atoms with E-state index in [9.17, 15) is 9.90 Å². The summed E-state index contributed by atoms with van der Waals surface area (Å²) in [7, 11) is 0. The molecule has 0 amide bonds. The van der Waals surface area contributed by atoms with E-state index in [0.717, 1.165) is 30.4 Å². The number of benzene rings is 2. The van der Waals surface area contributed by atoms with Crippen molar-refractivity contribution in [3.8, 4) is 0 Å². The molecule has 0 heterocycles. The third kappa shape index (κ3) is 2.34. The minimum atomic E-state index is -0.689. The third-order valence-electron chi connectivity index (χ3n) is 5.27. The summed E-state index contributed by atoms with van der Waals surface area (Å²) in [5, 5.41) is 11.0. The first-order valence-corrected chi connectivity index (χ1v) is 8.33. The van der Waals surface area contributed by atoms with Gasteiger partial charge < -0.3 is 5.11 Å². The summed E-state index contributed by atoms with van der Waals surface area (Å²) >= 11 is 0. The van der Waals surface area contributed by atoms with Gasteiger partial charge in [0, 0.05) is 5.56 Å². The minimum Gasteiger partial charge on any atom is -0.388 e. The van der Waals surface area contributed by atoms with E-state index in [1.165, 1.54) is 5.57 Å². The number of aliphatic hydroxyl groups excluding tert-OH is 1. The lowest BCUT2D eigenvalue weighted by Gasteiger charge is -2.21. The van der Waals surface area contributed by atoms with Gasteiger partial charge >= 0.3 is 0 Å². The maximum absolute atomic E-state index is 13.0. The number of hydrogen-bond donors (Lipinski definition) is 1. The Morgan fingerprint density at radius 3 is 2.30 bits per heavy atom. The molecule has 2 aliphatic rings. The molecule has 1 fully saturated rings. The van der Waals surface area contributed by atoms with Gasteiger partial charge in [0.25, 0.3) is 0 Å². The van der Waals surface area contributed by atoms with Gasteiger partial charge in [-0.3, -0.25) is 4.79 Å². The zero-order valence-corrected chi connectivity index (χ0v) is 13.0. The molecule has 0 bridgehead atoms. The smallest absolute Gasteiger partial charge is 0.169 e. The van der Waals surface area contributed by atoms with Crippen LogP contribution in [0.1, 0.15) is 35.2 Å². The highest BCUT2D eigenvalue weighted by atomic mass is 16.3. The van der Waals surface area contributed by atoms with Crippen LogP contribution in [0, 0.1) is 11.8 Å². The van der Waals surface area contributed by atoms with Gasteiger partial charge in [-0.25, -0.2) is 0 Å². The molecule has 3 atom stereocenters. The highest BCUT2D eigenvalue weighted by molar-refractivity contribution is 6.01. The second kappa shape index (κ2) is 5.78. The van der Waals surface area contributed by atoms with Crippen LogP contribution >= 0.6 is 0 Å². The summed E-state index contributed by atoms with van der Waals surface area (Å²) in [5.74, 6) is -0.0496. The average molecular weight is 304 g/mol. The molecule has 0 aromatic heterocycles. The van der Waals surface area contributed by atoms with Crippen LogP contribution in [0.2, 0.25) is 0 Å². The maximum Gasteiger partial charge on any atom is 0.169 e. The zero-order valence-electron chi connectivity index (χ0n) is 13.0. The second-order valence-corrected chi connectivity index (χ2v) is 6.50. The van der Waals surface area contributed by atoms with Gasteiger partial charge in [0.1, 0.15) is 0 Å². The van der Waals surface area contributed by atoms with Crippen molar-refractivity contribution in [1.29, 1.82) is 0 Å². The summed E-state index contributed by atoms with van der Waals surface area (Å²) in [4.78, 5) is 13.0. The molecule has 23 heavy (non-hydrogen) atoms. The molecule has 0 unspecified atom stereocenters. The molecule has 2 aliphatic carbocycles. The quantitative estimate of drug-likeness (QED) is 0.866. The Kier molecular flexibility index (Phi) is 3.62. The number of aliphatic hydroxyl groups is 1. The molecule has 0 radical (unpaired) electrons. The molecule has 0 spiro atoms. The van der Waals surface area contributed by atoms with E-state index < -0.39 is 6.10 Å². The molecule has 0 saturated heterocycles. The first-order chi connectivity index (χ1) is 11.3. The molecular weight excluding hydrogens is 284 g/mol. The van der Waals surface area contributed by atoms with Gasteiger partial charge in [-0.2, -0.15) is 0 Å². The van der Waals surface area contributed by atoms with Crippen molar-refractivity contribution in [3.63, 3.8) is 0 Å². The summed E-state index contributed by atoms with van der Waals surface area (Å²) in [5.41, 5.74) is 4.07. The molecule has 4 rings (SSSR count). The lowest BCUT2D eigenvalue weighted by molar-refractivity contribution is 0.0751. The van der Waals surface area contributed by atoms with Gasteiger partial charge in [0.15, 0.2) is 5.78 Å². The van der Waals surface area contributed by atoms with E-state index in [0.29, 0.717) is 5.56 Å². The first kappa shape index (κ1) is 14.4. The van der Waals surface area contributed by atoms with Gasteiger partial charge in [-0.05, 0) is 36.3 Å². The van der Waals surface area contributed by atoms with Crippen molar-refractivity contribution in [2.75, 3.05) is 0 Å². The fourth-order valence-corrected chi connectivity index (χ4v) is 4.29. The van der Waals surface area contributed by atoms with Gasteiger partial charge in [0.2, 0.25) is 0 Å². The second-order valence-electron chi connectivity index (χ2n) is 6.50. The Morgan fingerprint density at radius 2 is 1.61 bits per heavy atom. The number of carbonyl (C=O) groups excluding carboxylic acids is 1. The van der Waals surface area contributed by atoms with Crippen LogP contribution in [0.15, 0.2) is 66.2 Å². The number of allylic oxidation sites excluding steroid dienone is 1. The number of hydrogen-bond acceptors (Lipinski definition) is 2. The van der Waals surface area contributed by atoms with Crippen LogP contribution < -0.4 is 0 Å². The Morgan fingerprint density at radius 1 is 0.957 bits per heavy atom. The Balaban J connectivity index is 1.74. The molecule has 116 valence electrons. The van der Waals surface area contributed by atoms with Crippen LogP contribution in [0.25, 0.3) is 5.57 Å². The minimum absolute atomic E-state index is 0.0773. The van der Waals surface area contributed by atoms with Crippen LogP contribution in [-0.4, -0.2) is 17.0 Å². The van der Waals surface area contributed by atoms with Crippen molar-refractivity contribution < 1.29 is 9.90 Å². The molecule has 1 N–H and O–H groups in total. The summed E-state index contributed by atoms with van der Waals surface area (Å²) in [6, 6.07) is 19.4. The van der Waals surface area contributed by atoms with E-state index in [1.54, 1.807) is 0 Å². The number of fused-ring (bicyclic) bond motifs is 1. The number of ketones is 1. The lowest BCUT2D eigenvalue weighted by atomic mass is 9.84. The van der Waals surface area contributed by atoms with Crippen LogP contribution in [-0.2, 0) is 0 Å². The van der Waals surface area contributed by atoms with E-state index in [-0.39, 0.29) is 17.6 Å². The monoisotopic (exact) mass is 304 g/mol. The van der Waals surface area contributed by atoms with E-state index >= 15 is 0 Å². The normalized spacial score (nSPS) is 26.4. The largest absolute Gasteiger partial charge is 0.388 e. The van der Waals surface area contributed by atoms with E-state index in [2.05, 4.69) is 0 Å². The molecular formula is C21H20O2. The van der Waals surface area contributed by atoms with Crippen LogP contribution in [0.4, 0.5) is 0 Å². The topological polar surface area (TPSA) is 37.3 Å². The van der Waals surface area contributed by atoms with Crippen molar-refractivity contribution in [2.45, 2.75) is 25.4 Å². The van der Waals surface area contributed by atoms with Crippen LogP contribution in [0.3, 0.4) is 0 Å². The average Bonchev–Trinajstić information content (AvgIpc) is 3.15. The third-order valence-corrected chi connectivity index (χ3v) is 5.27.